The fourth-order valence-corrected chi connectivity index (χ4v) is 4.96. The van der Waals surface area contributed by atoms with Gasteiger partial charge < -0.3 is 11.1 Å². The predicted octanol–water partition coefficient (Wildman–Crippen LogP) is 1.21. The maximum absolute atomic E-state index is 12.5. The number of rotatable bonds is 5. The minimum absolute atomic E-state index is 0.00909. The first-order valence-electron chi connectivity index (χ1n) is 8.59. The predicted molar refractivity (Wildman–Crippen MR) is 91.6 cm³/mol. The third kappa shape index (κ3) is 3.79. The van der Waals surface area contributed by atoms with Crippen molar-refractivity contribution in [3.8, 4) is 0 Å². The summed E-state index contributed by atoms with van der Waals surface area (Å²) in [5.41, 5.74) is 6.73. The van der Waals surface area contributed by atoms with Crippen molar-refractivity contribution in [3.63, 3.8) is 0 Å². The van der Waals surface area contributed by atoms with E-state index in [0.29, 0.717) is 24.5 Å². The normalized spacial score (nSPS) is 25.0. The van der Waals surface area contributed by atoms with Crippen molar-refractivity contribution < 1.29 is 13.2 Å². The SMILES string of the molecule is NC1CCC(C(=O)NCc2ccc(S(=O)(=O)N3CCCC3)cc2)C1. The Balaban J connectivity index is 1.57. The lowest BCUT2D eigenvalue weighted by atomic mass is 10.1. The Labute approximate surface area is 143 Å². The number of nitrogens with two attached hydrogens (primary N) is 1. The topological polar surface area (TPSA) is 92.5 Å². The van der Waals surface area contributed by atoms with E-state index in [9.17, 15) is 13.2 Å². The number of hydrogen-bond acceptors (Lipinski definition) is 4. The highest BCUT2D eigenvalue weighted by molar-refractivity contribution is 7.89. The maximum Gasteiger partial charge on any atom is 0.243 e. The molecule has 1 aromatic carbocycles. The molecule has 2 fully saturated rings. The van der Waals surface area contributed by atoms with Crippen LogP contribution in [0.2, 0.25) is 0 Å². The van der Waals surface area contributed by atoms with Gasteiger partial charge >= 0.3 is 0 Å². The number of carbonyl (C=O) groups excluding carboxylic acids is 1. The first-order chi connectivity index (χ1) is 11.5. The Kier molecular flexibility index (Phi) is 5.22. The van der Waals surface area contributed by atoms with Gasteiger partial charge in [0.25, 0.3) is 0 Å². The lowest BCUT2D eigenvalue weighted by Gasteiger charge is -2.16. The zero-order valence-electron chi connectivity index (χ0n) is 13.8. The van der Waals surface area contributed by atoms with Crippen molar-refractivity contribution in [2.75, 3.05) is 13.1 Å². The van der Waals surface area contributed by atoms with Gasteiger partial charge in [0.2, 0.25) is 15.9 Å². The minimum atomic E-state index is -3.37. The molecule has 0 aromatic heterocycles. The van der Waals surface area contributed by atoms with Crippen LogP contribution in [0.15, 0.2) is 29.2 Å². The molecule has 0 bridgehead atoms. The molecule has 0 spiro atoms. The summed E-state index contributed by atoms with van der Waals surface area (Å²) in [4.78, 5) is 12.4. The van der Waals surface area contributed by atoms with Crippen molar-refractivity contribution in [3.05, 3.63) is 29.8 Å². The number of amides is 1. The largest absolute Gasteiger partial charge is 0.352 e. The number of sulfonamides is 1. The average Bonchev–Trinajstić information content (AvgIpc) is 3.25. The lowest BCUT2D eigenvalue weighted by Crippen LogP contribution is -2.30. The molecule has 1 amide bonds. The Morgan fingerprint density at radius 3 is 2.42 bits per heavy atom. The molecular formula is C17H25N3O3S. The molecule has 132 valence electrons. The van der Waals surface area contributed by atoms with Crippen LogP contribution in [-0.2, 0) is 21.4 Å². The van der Waals surface area contributed by atoms with Crippen molar-refractivity contribution in [2.45, 2.75) is 49.6 Å². The molecule has 1 aliphatic heterocycles. The Morgan fingerprint density at radius 1 is 1.17 bits per heavy atom. The highest BCUT2D eigenvalue weighted by Crippen LogP contribution is 2.24. The number of carbonyl (C=O) groups is 1. The smallest absolute Gasteiger partial charge is 0.243 e. The van der Waals surface area contributed by atoms with Crippen molar-refractivity contribution in [1.82, 2.24) is 9.62 Å². The average molecular weight is 351 g/mol. The number of nitrogens with zero attached hydrogens (tertiary/aromatic N) is 1. The Bertz CT molecular complexity index is 682. The van der Waals surface area contributed by atoms with Gasteiger partial charge in [0.15, 0.2) is 0 Å². The van der Waals surface area contributed by atoms with Crippen molar-refractivity contribution >= 4 is 15.9 Å². The van der Waals surface area contributed by atoms with Gasteiger partial charge in [-0.25, -0.2) is 8.42 Å². The first-order valence-corrected chi connectivity index (χ1v) is 10.0. The van der Waals surface area contributed by atoms with E-state index in [-0.39, 0.29) is 17.9 Å². The van der Waals surface area contributed by atoms with Gasteiger partial charge in [0, 0.05) is 31.6 Å². The zero-order valence-corrected chi connectivity index (χ0v) is 14.6. The summed E-state index contributed by atoms with van der Waals surface area (Å²) in [7, 11) is -3.37. The highest BCUT2D eigenvalue weighted by atomic mass is 32.2. The third-order valence-electron chi connectivity index (χ3n) is 4.94. The molecule has 3 rings (SSSR count). The second kappa shape index (κ2) is 7.21. The van der Waals surface area contributed by atoms with Crippen LogP contribution in [0, 0.1) is 5.92 Å². The van der Waals surface area contributed by atoms with Gasteiger partial charge in [-0.15, -0.1) is 0 Å². The second-order valence-corrected chi connectivity index (χ2v) is 8.68. The van der Waals surface area contributed by atoms with E-state index in [0.717, 1.165) is 37.7 Å². The molecule has 24 heavy (non-hydrogen) atoms. The molecule has 1 aromatic rings. The molecule has 6 nitrogen and oxygen atoms in total. The summed E-state index contributed by atoms with van der Waals surface area (Å²) in [5, 5.41) is 2.92. The quantitative estimate of drug-likeness (QED) is 0.834. The molecular weight excluding hydrogens is 326 g/mol. The molecule has 1 saturated carbocycles. The summed E-state index contributed by atoms with van der Waals surface area (Å²) in [6, 6.07) is 6.92. The van der Waals surface area contributed by atoms with Crippen LogP contribution in [0.1, 0.15) is 37.7 Å². The Morgan fingerprint density at radius 2 is 1.83 bits per heavy atom. The van der Waals surface area contributed by atoms with Gasteiger partial charge in [-0.2, -0.15) is 4.31 Å². The van der Waals surface area contributed by atoms with E-state index < -0.39 is 10.0 Å². The van der Waals surface area contributed by atoms with Gasteiger partial charge in [-0.3, -0.25) is 4.79 Å². The molecule has 2 aliphatic rings. The van der Waals surface area contributed by atoms with E-state index in [1.54, 1.807) is 24.3 Å². The van der Waals surface area contributed by atoms with Crippen LogP contribution < -0.4 is 11.1 Å². The van der Waals surface area contributed by atoms with Gasteiger partial charge in [0.1, 0.15) is 0 Å². The summed E-state index contributed by atoms with van der Waals surface area (Å²) in [6.07, 6.45) is 4.35. The number of benzene rings is 1. The van der Waals surface area contributed by atoms with Crippen LogP contribution in [0.4, 0.5) is 0 Å². The maximum atomic E-state index is 12.5. The van der Waals surface area contributed by atoms with E-state index in [4.69, 9.17) is 5.73 Å². The van der Waals surface area contributed by atoms with Crippen LogP contribution in [-0.4, -0.2) is 37.8 Å². The van der Waals surface area contributed by atoms with E-state index in [1.807, 2.05) is 0 Å². The van der Waals surface area contributed by atoms with Gasteiger partial charge in [0.05, 0.1) is 4.90 Å². The van der Waals surface area contributed by atoms with Crippen LogP contribution >= 0.6 is 0 Å². The summed E-state index contributed by atoms with van der Waals surface area (Å²) in [5.74, 6) is 0.0477. The second-order valence-electron chi connectivity index (χ2n) is 6.74. The monoisotopic (exact) mass is 351 g/mol. The molecule has 3 N–H and O–H groups in total. The molecule has 1 saturated heterocycles. The number of nitrogens with one attached hydrogen (secondary N) is 1. The van der Waals surface area contributed by atoms with E-state index in [2.05, 4.69) is 5.32 Å². The van der Waals surface area contributed by atoms with Gasteiger partial charge in [-0.1, -0.05) is 12.1 Å². The van der Waals surface area contributed by atoms with Crippen LogP contribution in [0.5, 0.6) is 0 Å². The molecule has 1 heterocycles. The zero-order chi connectivity index (χ0) is 17.2. The first kappa shape index (κ1) is 17.4. The Hall–Kier alpha value is -1.44. The molecule has 2 atom stereocenters. The highest BCUT2D eigenvalue weighted by Gasteiger charge is 2.28. The molecule has 2 unspecified atom stereocenters. The summed E-state index contributed by atoms with van der Waals surface area (Å²) < 4.78 is 26.5. The number of hydrogen-bond donors (Lipinski definition) is 2. The lowest BCUT2D eigenvalue weighted by molar-refractivity contribution is -0.125. The van der Waals surface area contributed by atoms with Crippen LogP contribution in [0.3, 0.4) is 0 Å². The van der Waals surface area contributed by atoms with E-state index >= 15 is 0 Å². The summed E-state index contributed by atoms with van der Waals surface area (Å²) >= 11 is 0. The molecule has 0 radical (unpaired) electrons. The minimum Gasteiger partial charge on any atom is -0.352 e. The molecule has 7 heteroatoms. The van der Waals surface area contributed by atoms with Crippen molar-refractivity contribution in [1.29, 1.82) is 0 Å². The fourth-order valence-electron chi connectivity index (χ4n) is 3.44. The summed E-state index contributed by atoms with van der Waals surface area (Å²) in [6.45, 7) is 1.61. The third-order valence-corrected chi connectivity index (χ3v) is 6.85. The van der Waals surface area contributed by atoms with Crippen molar-refractivity contribution in [2.24, 2.45) is 11.7 Å². The fraction of sp³-hybridized carbons (Fsp3) is 0.588. The van der Waals surface area contributed by atoms with E-state index in [1.165, 1.54) is 4.31 Å². The van der Waals surface area contributed by atoms with Crippen LogP contribution in [0.25, 0.3) is 0 Å². The molecule has 1 aliphatic carbocycles. The van der Waals surface area contributed by atoms with Gasteiger partial charge in [-0.05, 0) is 49.8 Å². The standard InChI is InChI=1S/C17H25N3O3S/c18-15-6-5-14(11-15)17(21)19-12-13-3-7-16(8-4-13)24(22,23)20-9-1-2-10-20/h3-4,7-8,14-15H,1-2,5-6,9-12,18H2,(H,19,21).